The number of hydrogen-bond acceptors (Lipinski definition) is 3. The number of hydrogen-bond donors (Lipinski definition) is 1. The molecule has 5 heteroatoms. The summed E-state index contributed by atoms with van der Waals surface area (Å²) in [6.45, 7) is 8.56. The lowest BCUT2D eigenvalue weighted by Crippen LogP contribution is -2.06. The van der Waals surface area contributed by atoms with E-state index in [9.17, 15) is 0 Å². The van der Waals surface area contributed by atoms with Gasteiger partial charge in [0.2, 0.25) is 5.95 Å². The molecule has 0 aliphatic carbocycles. The van der Waals surface area contributed by atoms with E-state index in [1.807, 2.05) is 26.0 Å². The third-order valence-electron chi connectivity index (χ3n) is 3.30. The van der Waals surface area contributed by atoms with Crippen molar-refractivity contribution in [2.75, 3.05) is 18.5 Å². The summed E-state index contributed by atoms with van der Waals surface area (Å²) in [5.41, 5.74) is 3.27. The van der Waals surface area contributed by atoms with Crippen molar-refractivity contribution in [2.24, 2.45) is 0 Å². The molecule has 0 saturated carbocycles. The van der Waals surface area contributed by atoms with Crippen molar-refractivity contribution in [3.8, 4) is 0 Å². The van der Waals surface area contributed by atoms with Gasteiger partial charge in [0.05, 0.1) is 5.69 Å². The molecule has 0 radical (unpaired) electrons. The monoisotopic (exact) mass is 351 g/mol. The first-order chi connectivity index (χ1) is 10.1. The zero-order valence-electron chi connectivity index (χ0n) is 12.8. The van der Waals surface area contributed by atoms with Crippen LogP contribution in [0.1, 0.15) is 24.6 Å². The van der Waals surface area contributed by atoms with E-state index in [1.165, 1.54) is 5.56 Å². The molecule has 0 aliphatic rings. The Morgan fingerprint density at radius 1 is 1.33 bits per heavy atom. The summed E-state index contributed by atoms with van der Waals surface area (Å²) >= 11 is 3.56. The first kappa shape index (κ1) is 16.0. The largest absolute Gasteiger partial charge is 0.382 e. The standard InChI is InChI=1S/C16H22BrN3O/c1-4-21-10-6-9-20-11-12(2)18-16(20)19-15-8-5-7-14(17)13(15)3/h5,7-8,11H,4,6,9-10H2,1-3H3,(H,18,19). The third-order valence-corrected chi connectivity index (χ3v) is 4.16. The van der Waals surface area contributed by atoms with E-state index < -0.39 is 0 Å². The van der Waals surface area contributed by atoms with Crippen LogP contribution in [-0.4, -0.2) is 22.8 Å². The van der Waals surface area contributed by atoms with Crippen LogP contribution in [-0.2, 0) is 11.3 Å². The van der Waals surface area contributed by atoms with Gasteiger partial charge < -0.3 is 14.6 Å². The van der Waals surface area contributed by atoms with Gasteiger partial charge in [-0.3, -0.25) is 0 Å². The minimum Gasteiger partial charge on any atom is -0.382 e. The molecule has 0 bridgehead atoms. The molecular formula is C16H22BrN3O. The number of rotatable bonds is 7. The van der Waals surface area contributed by atoms with Gasteiger partial charge in [-0.2, -0.15) is 0 Å². The van der Waals surface area contributed by atoms with Crippen molar-refractivity contribution in [3.63, 3.8) is 0 Å². The second-order valence-electron chi connectivity index (χ2n) is 4.99. The molecule has 1 heterocycles. The summed E-state index contributed by atoms with van der Waals surface area (Å²) in [6.07, 6.45) is 3.05. The molecule has 0 aliphatic heterocycles. The van der Waals surface area contributed by atoms with Crippen LogP contribution >= 0.6 is 15.9 Å². The Bertz CT molecular complexity index is 595. The van der Waals surface area contributed by atoms with Crippen molar-refractivity contribution in [3.05, 3.63) is 40.1 Å². The summed E-state index contributed by atoms with van der Waals surface area (Å²) in [5, 5.41) is 3.42. The molecule has 4 nitrogen and oxygen atoms in total. The molecule has 1 aromatic heterocycles. The first-order valence-electron chi connectivity index (χ1n) is 7.25. The Morgan fingerprint density at radius 2 is 2.14 bits per heavy atom. The molecule has 2 aromatic rings. The lowest BCUT2D eigenvalue weighted by molar-refractivity contribution is 0.142. The fourth-order valence-corrected chi connectivity index (χ4v) is 2.53. The Morgan fingerprint density at radius 3 is 2.90 bits per heavy atom. The molecule has 21 heavy (non-hydrogen) atoms. The van der Waals surface area contributed by atoms with Crippen LogP contribution in [0.15, 0.2) is 28.9 Å². The Hall–Kier alpha value is -1.33. The Balaban J connectivity index is 2.10. The van der Waals surface area contributed by atoms with E-state index in [1.54, 1.807) is 0 Å². The van der Waals surface area contributed by atoms with Gasteiger partial charge in [-0.05, 0) is 44.9 Å². The normalized spacial score (nSPS) is 10.9. The minimum absolute atomic E-state index is 0.769. The Kier molecular flexibility index (Phi) is 5.82. The fourth-order valence-electron chi connectivity index (χ4n) is 2.16. The van der Waals surface area contributed by atoms with E-state index in [0.29, 0.717) is 0 Å². The SMILES string of the molecule is CCOCCCn1cc(C)nc1Nc1cccc(Br)c1C. The molecular weight excluding hydrogens is 330 g/mol. The molecule has 0 atom stereocenters. The van der Waals surface area contributed by atoms with Gasteiger partial charge in [0.15, 0.2) is 0 Å². The maximum absolute atomic E-state index is 5.39. The van der Waals surface area contributed by atoms with Crippen molar-refractivity contribution in [1.82, 2.24) is 9.55 Å². The quantitative estimate of drug-likeness (QED) is 0.749. The van der Waals surface area contributed by atoms with E-state index in [0.717, 1.165) is 48.0 Å². The number of anilines is 2. The van der Waals surface area contributed by atoms with Crippen molar-refractivity contribution >= 4 is 27.6 Å². The number of aryl methyl sites for hydroxylation is 2. The predicted octanol–water partition coefficient (Wildman–Crippen LogP) is 4.43. The van der Waals surface area contributed by atoms with Gasteiger partial charge in [0.1, 0.15) is 0 Å². The third kappa shape index (κ3) is 4.32. The van der Waals surface area contributed by atoms with E-state index in [2.05, 4.69) is 50.0 Å². The highest BCUT2D eigenvalue weighted by Gasteiger charge is 2.08. The van der Waals surface area contributed by atoms with Crippen molar-refractivity contribution < 1.29 is 4.74 Å². The molecule has 2 rings (SSSR count). The summed E-state index contributed by atoms with van der Waals surface area (Å²) in [5.74, 6) is 0.880. The number of nitrogens with zero attached hydrogens (tertiary/aromatic N) is 2. The summed E-state index contributed by atoms with van der Waals surface area (Å²) < 4.78 is 8.64. The molecule has 0 fully saturated rings. The maximum Gasteiger partial charge on any atom is 0.207 e. The highest BCUT2D eigenvalue weighted by molar-refractivity contribution is 9.10. The van der Waals surface area contributed by atoms with Gasteiger partial charge in [0, 0.05) is 36.1 Å². The molecule has 1 N–H and O–H groups in total. The molecule has 0 unspecified atom stereocenters. The van der Waals surface area contributed by atoms with Crippen LogP contribution in [0.2, 0.25) is 0 Å². The van der Waals surface area contributed by atoms with E-state index in [4.69, 9.17) is 4.74 Å². The smallest absolute Gasteiger partial charge is 0.207 e. The molecule has 1 aromatic carbocycles. The van der Waals surface area contributed by atoms with Crippen LogP contribution in [0.5, 0.6) is 0 Å². The zero-order valence-corrected chi connectivity index (χ0v) is 14.4. The van der Waals surface area contributed by atoms with Gasteiger partial charge >= 0.3 is 0 Å². The average Bonchev–Trinajstić information content (AvgIpc) is 2.80. The van der Waals surface area contributed by atoms with Crippen LogP contribution in [0.3, 0.4) is 0 Å². The Labute approximate surface area is 134 Å². The number of benzene rings is 1. The number of imidazole rings is 1. The van der Waals surface area contributed by atoms with Gasteiger partial charge in [-0.1, -0.05) is 22.0 Å². The van der Waals surface area contributed by atoms with Crippen LogP contribution in [0, 0.1) is 13.8 Å². The average molecular weight is 352 g/mol. The van der Waals surface area contributed by atoms with Crippen molar-refractivity contribution in [1.29, 1.82) is 0 Å². The molecule has 0 amide bonds. The second-order valence-corrected chi connectivity index (χ2v) is 5.84. The molecule has 114 valence electrons. The summed E-state index contributed by atoms with van der Waals surface area (Å²) in [6, 6.07) is 6.13. The lowest BCUT2D eigenvalue weighted by Gasteiger charge is -2.12. The molecule has 0 saturated heterocycles. The maximum atomic E-state index is 5.39. The highest BCUT2D eigenvalue weighted by Crippen LogP contribution is 2.26. The highest BCUT2D eigenvalue weighted by atomic mass is 79.9. The van der Waals surface area contributed by atoms with E-state index >= 15 is 0 Å². The summed E-state index contributed by atoms with van der Waals surface area (Å²) in [7, 11) is 0. The predicted molar refractivity (Wildman–Crippen MR) is 90.2 cm³/mol. The number of ether oxygens (including phenoxy) is 1. The first-order valence-corrected chi connectivity index (χ1v) is 8.04. The number of halogens is 1. The zero-order chi connectivity index (χ0) is 15.2. The topological polar surface area (TPSA) is 39.1 Å². The number of aromatic nitrogens is 2. The van der Waals surface area contributed by atoms with Crippen LogP contribution in [0.25, 0.3) is 0 Å². The number of nitrogens with one attached hydrogen (secondary N) is 1. The van der Waals surface area contributed by atoms with Gasteiger partial charge in [-0.15, -0.1) is 0 Å². The molecule has 0 spiro atoms. The summed E-state index contributed by atoms with van der Waals surface area (Å²) in [4.78, 5) is 4.57. The van der Waals surface area contributed by atoms with Gasteiger partial charge in [0.25, 0.3) is 0 Å². The second kappa shape index (κ2) is 7.61. The fraction of sp³-hybridized carbons (Fsp3) is 0.438. The minimum atomic E-state index is 0.769. The van der Waals surface area contributed by atoms with E-state index in [-0.39, 0.29) is 0 Å². The van der Waals surface area contributed by atoms with Gasteiger partial charge in [-0.25, -0.2) is 4.98 Å². The van der Waals surface area contributed by atoms with Crippen molar-refractivity contribution in [2.45, 2.75) is 33.7 Å². The lowest BCUT2D eigenvalue weighted by atomic mass is 10.2. The van der Waals surface area contributed by atoms with Crippen LogP contribution < -0.4 is 5.32 Å². The van der Waals surface area contributed by atoms with Crippen LogP contribution in [0.4, 0.5) is 11.6 Å².